The summed E-state index contributed by atoms with van der Waals surface area (Å²) in [5.74, 6) is 0.889. The smallest absolute Gasteiger partial charge is 0.228 e. The van der Waals surface area contributed by atoms with E-state index < -0.39 is 0 Å². The van der Waals surface area contributed by atoms with Gasteiger partial charge < -0.3 is 0 Å². The van der Waals surface area contributed by atoms with Gasteiger partial charge in [0, 0.05) is 6.07 Å². The largest absolute Gasteiger partial charge is 0.276 e. The van der Waals surface area contributed by atoms with Crippen molar-refractivity contribution in [3.05, 3.63) is 60.6 Å². The fraction of sp³-hybridized carbons (Fsp3) is 0.0909. The van der Waals surface area contributed by atoms with Crippen LogP contribution >= 0.6 is 0 Å². The average Bonchev–Trinajstić information content (AvgIpc) is 3.24. The van der Waals surface area contributed by atoms with E-state index in [4.69, 9.17) is 9.97 Å². The van der Waals surface area contributed by atoms with Crippen LogP contribution < -0.4 is 4.57 Å². The van der Waals surface area contributed by atoms with Gasteiger partial charge in [-0.2, -0.15) is 0 Å². The molecule has 0 aliphatic heterocycles. The molecule has 0 radical (unpaired) electrons. The van der Waals surface area contributed by atoms with Crippen LogP contribution in [0.2, 0.25) is 0 Å². The summed E-state index contributed by atoms with van der Waals surface area (Å²) >= 11 is 0. The van der Waals surface area contributed by atoms with Crippen molar-refractivity contribution in [2.75, 3.05) is 0 Å². The quantitative estimate of drug-likeness (QED) is 0.235. The van der Waals surface area contributed by atoms with E-state index in [1.165, 1.54) is 10.9 Å². The summed E-state index contributed by atoms with van der Waals surface area (Å²) in [6.07, 6.45) is 3.72. The van der Waals surface area contributed by atoms with Gasteiger partial charge in [-0.05, 0) is 30.7 Å². The zero-order valence-corrected chi connectivity index (χ0v) is 15.4. The summed E-state index contributed by atoms with van der Waals surface area (Å²) in [5, 5.41) is 2.29. The van der Waals surface area contributed by atoms with E-state index in [1.807, 2.05) is 12.1 Å². The molecule has 2 aromatic carbocycles. The molecular weight excluding hydrogens is 348 g/mol. The Morgan fingerprint density at radius 3 is 2.68 bits per heavy atom. The number of nitrogens with zero attached hydrogens (tertiary/aromatic N) is 6. The van der Waals surface area contributed by atoms with Crippen LogP contribution in [0.25, 0.3) is 55.3 Å². The highest BCUT2D eigenvalue weighted by molar-refractivity contribution is 6.19. The number of hydrogen-bond acceptors (Lipinski definition) is 3. The first-order valence-corrected chi connectivity index (χ1v) is 9.29. The molecule has 7 rings (SSSR count). The fourth-order valence-electron chi connectivity index (χ4n) is 4.74. The van der Waals surface area contributed by atoms with Crippen LogP contribution in [0, 0.1) is 6.92 Å². The number of fused-ring (bicyclic) bond motifs is 7. The molecule has 0 atom stereocenters. The predicted molar refractivity (Wildman–Crippen MR) is 109 cm³/mol. The highest BCUT2D eigenvalue weighted by atomic mass is 15.2. The second kappa shape index (κ2) is 4.54. The monoisotopic (exact) mass is 363 g/mol. The number of aryl methyl sites for hydroxylation is 2. The Hall–Kier alpha value is -3.80. The van der Waals surface area contributed by atoms with E-state index >= 15 is 0 Å². The second-order valence-corrected chi connectivity index (χ2v) is 7.43. The van der Waals surface area contributed by atoms with Gasteiger partial charge in [-0.1, -0.05) is 18.2 Å². The number of rotatable bonds is 0. The van der Waals surface area contributed by atoms with E-state index in [-0.39, 0.29) is 0 Å². The number of aromatic nitrogens is 6. The summed E-state index contributed by atoms with van der Waals surface area (Å²) in [7, 11) is 2.09. The van der Waals surface area contributed by atoms with E-state index in [0.717, 1.165) is 49.9 Å². The Balaban J connectivity index is 1.98. The van der Waals surface area contributed by atoms with Gasteiger partial charge in [-0.15, -0.1) is 0 Å². The zero-order chi connectivity index (χ0) is 18.6. The highest BCUT2D eigenvalue weighted by Gasteiger charge is 2.26. The van der Waals surface area contributed by atoms with Crippen molar-refractivity contribution in [1.82, 2.24) is 23.8 Å². The van der Waals surface area contributed by atoms with Crippen molar-refractivity contribution >= 4 is 55.3 Å². The minimum Gasteiger partial charge on any atom is -0.276 e. The minimum absolute atomic E-state index is 0.889. The van der Waals surface area contributed by atoms with E-state index in [2.05, 4.69) is 68.9 Å². The van der Waals surface area contributed by atoms with Crippen LogP contribution in [0.3, 0.4) is 0 Å². The van der Waals surface area contributed by atoms with Crippen molar-refractivity contribution in [3.8, 4) is 0 Å². The Kier molecular flexibility index (Phi) is 2.31. The van der Waals surface area contributed by atoms with Crippen molar-refractivity contribution in [3.63, 3.8) is 0 Å². The average molecular weight is 363 g/mol. The lowest BCUT2D eigenvalue weighted by molar-refractivity contribution is -0.643. The van der Waals surface area contributed by atoms with Gasteiger partial charge in [0.2, 0.25) is 11.3 Å². The van der Waals surface area contributed by atoms with Crippen LogP contribution in [0.1, 0.15) is 5.56 Å². The molecule has 5 heterocycles. The van der Waals surface area contributed by atoms with Crippen LogP contribution in [0.4, 0.5) is 0 Å². The van der Waals surface area contributed by atoms with Gasteiger partial charge in [-0.25, -0.2) is 19.5 Å². The van der Waals surface area contributed by atoms with Crippen LogP contribution in [-0.2, 0) is 7.05 Å². The molecule has 132 valence electrons. The van der Waals surface area contributed by atoms with E-state index in [9.17, 15) is 0 Å². The Morgan fingerprint density at radius 1 is 0.857 bits per heavy atom. The first kappa shape index (κ1) is 14.3. The third-order valence-electron chi connectivity index (χ3n) is 5.92. The topological polar surface area (TPSA) is 51.4 Å². The number of benzene rings is 2. The molecule has 0 amide bonds. The van der Waals surface area contributed by atoms with E-state index in [0.29, 0.717) is 0 Å². The molecule has 0 unspecified atom stereocenters. The highest BCUT2D eigenvalue weighted by Crippen LogP contribution is 2.37. The summed E-state index contributed by atoms with van der Waals surface area (Å²) in [6, 6.07) is 14.7. The molecule has 6 heteroatoms. The Labute approximate surface area is 158 Å². The molecule has 0 saturated carbocycles. The van der Waals surface area contributed by atoms with Crippen LogP contribution in [0.5, 0.6) is 0 Å². The maximum atomic E-state index is 4.97. The maximum absolute atomic E-state index is 4.97. The molecule has 28 heavy (non-hydrogen) atoms. The molecule has 0 bridgehead atoms. The fourth-order valence-corrected chi connectivity index (χ4v) is 4.74. The Bertz CT molecular complexity index is 1740. The van der Waals surface area contributed by atoms with Crippen LogP contribution in [-0.4, -0.2) is 23.8 Å². The van der Waals surface area contributed by atoms with Gasteiger partial charge >= 0.3 is 0 Å². The summed E-state index contributed by atoms with van der Waals surface area (Å²) in [4.78, 5) is 14.2. The number of para-hydroxylation sites is 2. The predicted octanol–water partition coefficient (Wildman–Crippen LogP) is 3.56. The molecule has 7 aromatic rings. The molecule has 0 aliphatic carbocycles. The molecule has 5 aromatic heterocycles. The zero-order valence-electron chi connectivity index (χ0n) is 15.4. The SMILES string of the molecule is Cc1ccc2c3c1c1c4c(cc[n+]1C)ncnc4n3c1nc3ccccc3n21. The molecular formula is C22H15N6+. The molecule has 0 aliphatic rings. The van der Waals surface area contributed by atoms with Crippen molar-refractivity contribution in [2.24, 2.45) is 7.05 Å². The molecule has 0 N–H and O–H groups in total. The molecule has 0 fully saturated rings. The summed E-state index contributed by atoms with van der Waals surface area (Å²) in [5.41, 5.74) is 8.63. The molecule has 0 spiro atoms. The number of hydrogen-bond donors (Lipinski definition) is 0. The summed E-state index contributed by atoms with van der Waals surface area (Å²) < 4.78 is 6.62. The van der Waals surface area contributed by atoms with Crippen molar-refractivity contribution < 1.29 is 4.57 Å². The van der Waals surface area contributed by atoms with Gasteiger partial charge in [-0.3, -0.25) is 8.80 Å². The van der Waals surface area contributed by atoms with Crippen molar-refractivity contribution in [2.45, 2.75) is 6.92 Å². The second-order valence-electron chi connectivity index (χ2n) is 7.43. The Morgan fingerprint density at radius 2 is 1.75 bits per heavy atom. The van der Waals surface area contributed by atoms with Crippen molar-refractivity contribution in [1.29, 1.82) is 0 Å². The molecule has 0 saturated heterocycles. The molecule has 6 nitrogen and oxygen atoms in total. The summed E-state index contributed by atoms with van der Waals surface area (Å²) in [6.45, 7) is 2.17. The van der Waals surface area contributed by atoms with E-state index in [1.54, 1.807) is 6.33 Å². The number of imidazole rings is 2. The lowest BCUT2D eigenvalue weighted by Crippen LogP contribution is -2.29. The van der Waals surface area contributed by atoms with Gasteiger partial charge in [0.25, 0.3) is 0 Å². The van der Waals surface area contributed by atoms with Gasteiger partial charge in [0.05, 0.1) is 33.0 Å². The first-order chi connectivity index (χ1) is 13.7. The third-order valence-corrected chi connectivity index (χ3v) is 5.92. The maximum Gasteiger partial charge on any atom is 0.228 e. The lowest BCUT2D eigenvalue weighted by atomic mass is 10.0. The first-order valence-electron chi connectivity index (χ1n) is 9.29. The normalized spacial score (nSPS) is 12.6. The van der Waals surface area contributed by atoms with Crippen LogP contribution in [0.15, 0.2) is 55.0 Å². The minimum atomic E-state index is 0.889. The standard InChI is InChI=1S/C22H15N6/c1-12-7-8-16-19-17(12)20-18-14(9-10-26(20)2)23-11-24-21(18)28(19)22-25-13-5-3-4-6-15(13)27(16)22/h3-11H,1-2H3/q+1. The van der Waals surface area contributed by atoms with Gasteiger partial charge in [0.1, 0.15) is 18.8 Å². The third kappa shape index (κ3) is 1.44. The lowest BCUT2D eigenvalue weighted by Gasteiger charge is -2.10. The van der Waals surface area contributed by atoms with Gasteiger partial charge in [0.15, 0.2) is 11.8 Å². The number of pyridine rings is 2.